The van der Waals surface area contributed by atoms with Gasteiger partial charge in [0.25, 0.3) is 0 Å². The van der Waals surface area contributed by atoms with Crippen molar-refractivity contribution < 1.29 is 5.11 Å². The summed E-state index contributed by atoms with van der Waals surface area (Å²) in [5.41, 5.74) is 3.75. The zero-order chi connectivity index (χ0) is 16.5. The van der Waals surface area contributed by atoms with Crippen molar-refractivity contribution in [3.63, 3.8) is 0 Å². The highest BCUT2D eigenvalue weighted by atomic mass is 16.3. The summed E-state index contributed by atoms with van der Waals surface area (Å²) in [6.07, 6.45) is 6.74. The maximum Gasteiger partial charge on any atom is 0.126 e. The molecule has 1 aromatic carbocycles. The monoisotopic (exact) mass is 325 g/mol. The maximum atomic E-state index is 10.6. The van der Waals surface area contributed by atoms with E-state index in [-0.39, 0.29) is 0 Å². The van der Waals surface area contributed by atoms with Crippen molar-refractivity contribution in [2.45, 2.75) is 50.7 Å². The number of rotatable bonds is 4. The predicted molar refractivity (Wildman–Crippen MR) is 94.8 cm³/mol. The second-order valence-electron chi connectivity index (χ2n) is 7.21. The normalized spacial score (nSPS) is 22.5. The highest BCUT2D eigenvalue weighted by Gasteiger charge is 2.32. The van der Waals surface area contributed by atoms with E-state index in [9.17, 15) is 5.11 Å². The molecule has 1 aliphatic heterocycles. The lowest BCUT2D eigenvalue weighted by Crippen LogP contribution is -2.30. The fourth-order valence-corrected chi connectivity index (χ4v) is 4.34. The zero-order valence-corrected chi connectivity index (χ0v) is 14.5. The van der Waals surface area contributed by atoms with E-state index < -0.39 is 6.10 Å². The van der Waals surface area contributed by atoms with Crippen molar-refractivity contribution in [3.05, 3.63) is 53.1 Å². The fourth-order valence-electron chi connectivity index (χ4n) is 4.34. The van der Waals surface area contributed by atoms with Crippen LogP contribution in [-0.4, -0.2) is 32.6 Å². The molecule has 4 nitrogen and oxygen atoms in total. The molecule has 128 valence electrons. The number of imidazole rings is 1. The average molecular weight is 325 g/mol. The van der Waals surface area contributed by atoms with Gasteiger partial charge in [0.2, 0.25) is 0 Å². The van der Waals surface area contributed by atoms with E-state index in [2.05, 4.69) is 16.5 Å². The molecule has 2 atom stereocenters. The Labute approximate surface area is 144 Å². The molecule has 0 amide bonds. The number of nitrogens with zero attached hydrogens (tertiary/aromatic N) is 3. The minimum Gasteiger partial charge on any atom is -0.387 e. The van der Waals surface area contributed by atoms with Crippen molar-refractivity contribution in [2.24, 2.45) is 7.05 Å². The molecule has 1 aliphatic carbocycles. The number of aliphatic hydroxyl groups is 1. The molecule has 1 fully saturated rings. The lowest BCUT2D eigenvalue weighted by molar-refractivity contribution is 0.103. The first-order chi connectivity index (χ1) is 11.7. The molecule has 1 saturated heterocycles. The summed E-state index contributed by atoms with van der Waals surface area (Å²) in [6, 6.07) is 10.3. The van der Waals surface area contributed by atoms with E-state index in [1.54, 1.807) is 0 Å². The Hall–Kier alpha value is -1.65. The molecule has 0 bridgehead atoms. The lowest BCUT2D eigenvalue weighted by atomic mass is 10.0. The van der Waals surface area contributed by atoms with E-state index >= 15 is 0 Å². The van der Waals surface area contributed by atoms with Gasteiger partial charge in [-0.25, -0.2) is 4.98 Å². The largest absolute Gasteiger partial charge is 0.387 e. The number of aliphatic hydroxyl groups excluding tert-OH is 1. The highest BCUT2D eigenvalue weighted by Crippen LogP contribution is 2.35. The fraction of sp³-hybridized carbons (Fsp3) is 0.550. The lowest BCUT2D eigenvalue weighted by Gasteiger charge is -2.26. The Morgan fingerprint density at radius 1 is 1.17 bits per heavy atom. The van der Waals surface area contributed by atoms with Crippen molar-refractivity contribution in [2.75, 3.05) is 13.1 Å². The molecule has 1 aromatic heterocycles. The van der Waals surface area contributed by atoms with Gasteiger partial charge in [0.1, 0.15) is 5.82 Å². The smallest absolute Gasteiger partial charge is 0.126 e. The van der Waals surface area contributed by atoms with Crippen LogP contribution in [0, 0.1) is 0 Å². The molecule has 2 heterocycles. The van der Waals surface area contributed by atoms with Crippen LogP contribution in [-0.2, 0) is 19.9 Å². The van der Waals surface area contributed by atoms with Gasteiger partial charge < -0.3 is 9.67 Å². The molecule has 0 radical (unpaired) electrons. The Morgan fingerprint density at radius 3 is 2.75 bits per heavy atom. The summed E-state index contributed by atoms with van der Waals surface area (Å²) in [5, 5.41) is 10.6. The maximum absolute atomic E-state index is 10.6. The summed E-state index contributed by atoms with van der Waals surface area (Å²) in [6.45, 7) is 1.73. The number of β-amino-alcohol motifs (C(OH)–C–C–N with tert-alkyl or cyclic N) is 1. The third-order valence-electron chi connectivity index (χ3n) is 5.66. The van der Waals surface area contributed by atoms with Gasteiger partial charge in [-0.1, -0.05) is 30.3 Å². The van der Waals surface area contributed by atoms with E-state index in [1.165, 1.54) is 36.5 Å². The quantitative estimate of drug-likeness (QED) is 0.939. The first kappa shape index (κ1) is 15.9. The van der Waals surface area contributed by atoms with Crippen LogP contribution in [0.25, 0.3) is 0 Å². The molecule has 0 spiro atoms. The summed E-state index contributed by atoms with van der Waals surface area (Å²) in [5.74, 6) is 1.21. The van der Waals surface area contributed by atoms with Crippen LogP contribution in [0.3, 0.4) is 0 Å². The van der Waals surface area contributed by atoms with Gasteiger partial charge in [-0.2, -0.15) is 0 Å². The van der Waals surface area contributed by atoms with Crippen LogP contribution < -0.4 is 0 Å². The highest BCUT2D eigenvalue weighted by molar-refractivity contribution is 5.22. The first-order valence-corrected chi connectivity index (χ1v) is 9.25. The van der Waals surface area contributed by atoms with Crippen molar-refractivity contribution in [3.8, 4) is 0 Å². The summed E-state index contributed by atoms with van der Waals surface area (Å²) in [7, 11) is 2.18. The Kier molecular flexibility index (Phi) is 4.42. The standard InChI is InChI=1S/C20H27N3O/c1-22-17-11-6-5-10-16(17)21-20(22)18-12-7-13-23(18)14-19(24)15-8-3-2-4-9-15/h2-4,8-9,18-19,24H,5-7,10-14H2,1H3/t18-,19-/m1/s1. The van der Waals surface area contributed by atoms with E-state index in [4.69, 9.17) is 4.98 Å². The van der Waals surface area contributed by atoms with E-state index in [0.29, 0.717) is 12.6 Å². The summed E-state index contributed by atoms with van der Waals surface area (Å²) < 4.78 is 2.34. The summed E-state index contributed by atoms with van der Waals surface area (Å²) in [4.78, 5) is 7.42. The SMILES string of the molecule is Cn1c([C@H]2CCCN2C[C@@H](O)c2ccccc2)nc2c1CCCC2. The van der Waals surface area contributed by atoms with Crippen LogP contribution in [0.4, 0.5) is 0 Å². The second-order valence-corrected chi connectivity index (χ2v) is 7.21. The first-order valence-electron chi connectivity index (χ1n) is 9.25. The van der Waals surface area contributed by atoms with Crippen LogP contribution in [0.15, 0.2) is 30.3 Å². The number of aryl methyl sites for hydroxylation is 1. The van der Waals surface area contributed by atoms with Crippen molar-refractivity contribution in [1.29, 1.82) is 0 Å². The Morgan fingerprint density at radius 2 is 1.96 bits per heavy atom. The molecule has 4 heteroatoms. The molecule has 0 saturated carbocycles. The molecular weight excluding hydrogens is 298 g/mol. The second kappa shape index (κ2) is 6.69. The molecule has 24 heavy (non-hydrogen) atoms. The number of benzene rings is 1. The van der Waals surface area contributed by atoms with Crippen LogP contribution in [0.2, 0.25) is 0 Å². The van der Waals surface area contributed by atoms with Crippen LogP contribution in [0.1, 0.15) is 60.6 Å². The molecule has 2 aliphatic rings. The number of fused-ring (bicyclic) bond motifs is 1. The minimum atomic E-state index is -0.429. The van der Waals surface area contributed by atoms with E-state index in [0.717, 1.165) is 31.4 Å². The molecule has 0 unspecified atom stereocenters. The zero-order valence-electron chi connectivity index (χ0n) is 14.5. The Balaban J connectivity index is 1.54. The molecule has 2 aromatic rings. The van der Waals surface area contributed by atoms with Crippen molar-refractivity contribution in [1.82, 2.24) is 14.5 Å². The van der Waals surface area contributed by atoms with Gasteiger partial charge in [-0.15, -0.1) is 0 Å². The number of hydrogen-bond donors (Lipinski definition) is 1. The third kappa shape index (κ3) is 2.89. The predicted octanol–water partition coefficient (Wildman–Crippen LogP) is 3.17. The van der Waals surface area contributed by atoms with Crippen LogP contribution in [0.5, 0.6) is 0 Å². The van der Waals surface area contributed by atoms with E-state index in [1.807, 2.05) is 30.3 Å². The molecule has 1 N–H and O–H groups in total. The van der Waals surface area contributed by atoms with Gasteiger partial charge in [-0.3, -0.25) is 4.90 Å². The summed E-state index contributed by atoms with van der Waals surface area (Å²) >= 11 is 0. The molecule has 4 rings (SSSR count). The van der Waals surface area contributed by atoms with Gasteiger partial charge >= 0.3 is 0 Å². The van der Waals surface area contributed by atoms with Gasteiger partial charge in [0, 0.05) is 19.3 Å². The average Bonchev–Trinajstić information content (AvgIpc) is 3.20. The van der Waals surface area contributed by atoms with Gasteiger partial charge in [0.05, 0.1) is 17.8 Å². The van der Waals surface area contributed by atoms with Gasteiger partial charge in [0.15, 0.2) is 0 Å². The molecular formula is C20H27N3O. The topological polar surface area (TPSA) is 41.3 Å². The van der Waals surface area contributed by atoms with Crippen LogP contribution >= 0.6 is 0 Å². The number of aromatic nitrogens is 2. The number of hydrogen-bond acceptors (Lipinski definition) is 3. The third-order valence-corrected chi connectivity index (χ3v) is 5.66. The number of likely N-dealkylation sites (tertiary alicyclic amines) is 1. The van der Waals surface area contributed by atoms with Gasteiger partial charge in [-0.05, 0) is 50.6 Å². The Bertz CT molecular complexity index is 694. The van der Waals surface area contributed by atoms with Crippen molar-refractivity contribution >= 4 is 0 Å². The minimum absolute atomic E-state index is 0.346.